The monoisotopic (exact) mass is 274 g/mol. The Morgan fingerprint density at radius 2 is 2.25 bits per heavy atom. The molecule has 0 radical (unpaired) electrons. The minimum Gasteiger partial charge on any atom is -0.474 e. The van der Waals surface area contributed by atoms with Crippen molar-refractivity contribution < 1.29 is 14.3 Å². The number of esters is 1. The van der Waals surface area contributed by atoms with E-state index in [0.29, 0.717) is 18.1 Å². The molecular weight excluding hydrogens is 256 g/mol. The van der Waals surface area contributed by atoms with Gasteiger partial charge in [0.05, 0.1) is 6.61 Å². The summed E-state index contributed by atoms with van der Waals surface area (Å²) in [5.41, 5.74) is 0.663. The second-order valence-corrected chi connectivity index (χ2v) is 4.42. The highest BCUT2D eigenvalue weighted by atomic mass is 16.5. The maximum Gasteiger partial charge on any atom is 0.384 e. The van der Waals surface area contributed by atoms with Gasteiger partial charge in [-0.05, 0) is 38.9 Å². The summed E-state index contributed by atoms with van der Waals surface area (Å²) in [4.78, 5) is 15.3. The molecular formula is C15H18N2O3. The third-order valence-corrected chi connectivity index (χ3v) is 2.89. The molecule has 0 spiro atoms. The Morgan fingerprint density at radius 3 is 2.90 bits per heavy atom. The van der Waals surface area contributed by atoms with Crippen LogP contribution in [0.2, 0.25) is 0 Å². The predicted molar refractivity (Wildman–Crippen MR) is 74.3 cm³/mol. The van der Waals surface area contributed by atoms with Gasteiger partial charge in [0.1, 0.15) is 6.10 Å². The van der Waals surface area contributed by atoms with Gasteiger partial charge in [-0.15, -0.1) is 0 Å². The van der Waals surface area contributed by atoms with Crippen molar-refractivity contribution in [2.24, 2.45) is 0 Å². The van der Waals surface area contributed by atoms with Crippen LogP contribution < -0.4 is 10.1 Å². The average Bonchev–Trinajstić information content (AvgIpc) is 2.48. The molecule has 0 unspecified atom stereocenters. The Morgan fingerprint density at radius 1 is 1.45 bits per heavy atom. The van der Waals surface area contributed by atoms with E-state index in [1.165, 1.54) is 0 Å². The SMILES string of the molecule is CCOC(=O)C#Cc1ccc(OC2CCNCC2)nc1. The van der Waals surface area contributed by atoms with Crippen molar-refractivity contribution in [2.75, 3.05) is 19.7 Å². The lowest BCUT2D eigenvalue weighted by molar-refractivity contribution is -0.136. The zero-order chi connectivity index (χ0) is 14.2. The van der Waals surface area contributed by atoms with E-state index >= 15 is 0 Å². The lowest BCUT2D eigenvalue weighted by atomic mass is 10.1. The van der Waals surface area contributed by atoms with Crippen LogP contribution in [0, 0.1) is 11.8 Å². The van der Waals surface area contributed by atoms with Gasteiger partial charge in [0, 0.05) is 23.7 Å². The van der Waals surface area contributed by atoms with Crippen LogP contribution in [0.5, 0.6) is 5.88 Å². The third-order valence-electron chi connectivity index (χ3n) is 2.89. The van der Waals surface area contributed by atoms with Crippen molar-refractivity contribution in [3.05, 3.63) is 23.9 Å². The highest BCUT2D eigenvalue weighted by Gasteiger charge is 2.14. The zero-order valence-electron chi connectivity index (χ0n) is 11.5. The fourth-order valence-corrected chi connectivity index (χ4v) is 1.90. The van der Waals surface area contributed by atoms with Crippen molar-refractivity contribution in [3.8, 4) is 17.7 Å². The van der Waals surface area contributed by atoms with Gasteiger partial charge in [0.2, 0.25) is 5.88 Å². The summed E-state index contributed by atoms with van der Waals surface area (Å²) in [5.74, 6) is 5.18. The van der Waals surface area contributed by atoms with Crippen LogP contribution in [0.4, 0.5) is 0 Å². The van der Waals surface area contributed by atoms with Crippen LogP contribution in [0.15, 0.2) is 18.3 Å². The van der Waals surface area contributed by atoms with Gasteiger partial charge in [0.15, 0.2) is 0 Å². The molecule has 0 atom stereocenters. The first-order chi connectivity index (χ1) is 9.78. The molecule has 0 aliphatic carbocycles. The first-order valence-electron chi connectivity index (χ1n) is 6.80. The number of hydrogen-bond donors (Lipinski definition) is 1. The topological polar surface area (TPSA) is 60.5 Å². The minimum absolute atomic E-state index is 0.222. The van der Waals surface area contributed by atoms with Gasteiger partial charge in [-0.1, -0.05) is 5.92 Å². The quantitative estimate of drug-likeness (QED) is 0.661. The maximum atomic E-state index is 11.1. The first kappa shape index (κ1) is 14.4. The summed E-state index contributed by atoms with van der Waals surface area (Å²) >= 11 is 0. The molecule has 5 nitrogen and oxygen atoms in total. The third kappa shape index (κ3) is 4.56. The number of hydrogen-bond acceptors (Lipinski definition) is 5. The Balaban J connectivity index is 1.90. The normalized spacial score (nSPS) is 15.1. The smallest absolute Gasteiger partial charge is 0.384 e. The van der Waals surface area contributed by atoms with Crippen molar-refractivity contribution in [2.45, 2.75) is 25.9 Å². The highest BCUT2D eigenvalue weighted by molar-refractivity contribution is 5.89. The van der Waals surface area contributed by atoms with Gasteiger partial charge in [-0.25, -0.2) is 9.78 Å². The molecule has 2 heterocycles. The second-order valence-electron chi connectivity index (χ2n) is 4.42. The number of pyridine rings is 1. The number of nitrogens with zero attached hydrogens (tertiary/aromatic N) is 1. The first-order valence-corrected chi connectivity index (χ1v) is 6.80. The van der Waals surface area contributed by atoms with Crippen LogP contribution >= 0.6 is 0 Å². The van der Waals surface area contributed by atoms with Gasteiger partial charge >= 0.3 is 5.97 Å². The molecule has 5 heteroatoms. The lowest BCUT2D eigenvalue weighted by Crippen LogP contribution is -2.34. The van der Waals surface area contributed by atoms with Crippen molar-refractivity contribution >= 4 is 5.97 Å². The summed E-state index contributed by atoms with van der Waals surface area (Å²) in [6, 6.07) is 3.56. The summed E-state index contributed by atoms with van der Waals surface area (Å²) < 4.78 is 10.5. The molecule has 1 saturated heterocycles. The summed E-state index contributed by atoms with van der Waals surface area (Å²) in [6.07, 6.45) is 3.81. The van der Waals surface area contributed by atoms with Crippen LogP contribution in [0.25, 0.3) is 0 Å². The molecule has 0 amide bonds. The Bertz CT molecular complexity index is 496. The van der Waals surface area contributed by atoms with E-state index in [0.717, 1.165) is 25.9 Å². The Labute approximate surface area is 118 Å². The maximum absolute atomic E-state index is 11.1. The van der Waals surface area contributed by atoms with Gasteiger partial charge in [-0.3, -0.25) is 0 Å². The fraction of sp³-hybridized carbons (Fsp3) is 0.467. The molecule has 1 N–H and O–H groups in total. The molecule has 1 aliphatic rings. The Kier molecular flexibility index (Phi) is 5.39. The number of rotatable bonds is 3. The molecule has 1 fully saturated rings. The lowest BCUT2D eigenvalue weighted by Gasteiger charge is -2.23. The van der Waals surface area contributed by atoms with E-state index in [4.69, 9.17) is 9.47 Å². The zero-order valence-corrected chi connectivity index (χ0v) is 11.5. The van der Waals surface area contributed by atoms with Crippen molar-refractivity contribution in [3.63, 3.8) is 0 Å². The molecule has 1 aliphatic heterocycles. The number of nitrogens with one attached hydrogen (secondary N) is 1. The molecule has 106 valence electrons. The van der Waals surface area contributed by atoms with Crippen LogP contribution in [0.1, 0.15) is 25.3 Å². The molecule has 0 bridgehead atoms. The number of carbonyl (C=O) groups excluding carboxylic acids is 1. The minimum atomic E-state index is -0.525. The second kappa shape index (κ2) is 7.51. The van der Waals surface area contributed by atoms with Crippen LogP contribution in [-0.4, -0.2) is 36.8 Å². The number of aromatic nitrogens is 1. The predicted octanol–water partition coefficient (Wildman–Crippen LogP) is 1.13. The van der Waals surface area contributed by atoms with Gasteiger partial charge in [0.25, 0.3) is 0 Å². The van der Waals surface area contributed by atoms with E-state index in [-0.39, 0.29) is 6.10 Å². The van der Waals surface area contributed by atoms with Crippen LogP contribution in [-0.2, 0) is 9.53 Å². The number of carbonyl (C=O) groups is 1. The van der Waals surface area contributed by atoms with Gasteiger partial charge in [-0.2, -0.15) is 0 Å². The molecule has 0 aromatic carbocycles. The summed E-state index contributed by atoms with van der Waals surface area (Å²) in [6.45, 7) is 4.03. The summed E-state index contributed by atoms with van der Waals surface area (Å²) in [5, 5.41) is 3.28. The van der Waals surface area contributed by atoms with E-state index in [1.807, 2.05) is 0 Å². The van der Waals surface area contributed by atoms with E-state index in [9.17, 15) is 4.79 Å². The largest absolute Gasteiger partial charge is 0.474 e. The fourth-order valence-electron chi connectivity index (χ4n) is 1.90. The molecule has 1 aromatic rings. The van der Waals surface area contributed by atoms with Crippen LogP contribution in [0.3, 0.4) is 0 Å². The molecule has 0 saturated carbocycles. The van der Waals surface area contributed by atoms with E-state index in [2.05, 4.69) is 22.1 Å². The molecule has 1 aromatic heterocycles. The average molecular weight is 274 g/mol. The molecule has 2 rings (SSSR count). The van der Waals surface area contributed by atoms with Crippen molar-refractivity contribution in [1.82, 2.24) is 10.3 Å². The number of ether oxygens (including phenoxy) is 2. The van der Waals surface area contributed by atoms with Crippen molar-refractivity contribution in [1.29, 1.82) is 0 Å². The highest BCUT2D eigenvalue weighted by Crippen LogP contribution is 2.14. The van der Waals surface area contributed by atoms with E-state index in [1.54, 1.807) is 25.3 Å². The van der Waals surface area contributed by atoms with Gasteiger partial charge < -0.3 is 14.8 Å². The Hall–Kier alpha value is -2.06. The molecule has 20 heavy (non-hydrogen) atoms. The van der Waals surface area contributed by atoms with E-state index < -0.39 is 5.97 Å². The summed E-state index contributed by atoms with van der Waals surface area (Å²) in [7, 11) is 0. The standard InChI is InChI=1S/C15H18N2O3/c1-2-19-15(18)6-4-12-3-5-14(17-11-12)20-13-7-9-16-10-8-13/h3,5,11,13,16H,2,7-10H2,1H3. The number of piperidine rings is 1.